The van der Waals surface area contributed by atoms with E-state index in [0.717, 1.165) is 50.5 Å². The Morgan fingerprint density at radius 2 is 1.95 bits per heavy atom. The largest absolute Gasteiger partial charge is 0.379 e. The topological polar surface area (TPSA) is 74.9 Å². The van der Waals surface area contributed by atoms with Crippen LogP contribution in [0.5, 0.6) is 0 Å². The highest BCUT2D eigenvalue weighted by Gasteiger charge is 2.26. The van der Waals surface area contributed by atoms with Crippen molar-refractivity contribution in [2.24, 2.45) is 5.73 Å². The molecule has 0 aliphatic carbocycles. The number of hydrogen-bond acceptors (Lipinski definition) is 5. The Morgan fingerprint density at radius 3 is 2.64 bits per heavy atom. The molecule has 3 heterocycles. The van der Waals surface area contributed by atoms with Crippen molar-refractivity contribution in [3.8, 4) is 0 Å². The summed E-state index contributed by atoms with van der Waals surface area (Å²) in [5.74, 6) is 0. The van der Waals surface area contributed by atoms with E-state index in [0.29, 0.717) is 6.54 Å². The lowest BCUT2D eigenvalue weighted by Gasteiger charge is -2.31. The van der Waals surface area contributed by atoms with E-state index < -0.39 is 6.03 Å². The Kier molecular flexibility index (Phi) is 4.67. The highest BCUT2D eigenvalue weighted by atomic mass is 16.5. The average Bonchev–Trinajstić information content (AvgIpc) is 2.99. The summed E-state index contributed by atoms with van der Waals surface area (Å²) in [5.41, 5.74) is 7.63. The smallest absolute Gasteiger partial charge is 0.333 e. The molecular formula is C15H21N5O2. The molecule has 0 aromatic carbocycles. The molecule has 0 spiro atoms. The molecular weight excluding hydrogens is 282 g/mol. The Bertz CT molecular complexity index is 542. The molecule has 7 nitrogen and oxygen atoms in total. The van der Waals surface area contributed by atoms with Crippen LogP contribution in [0.2, 0.25) is 0 Å². The van der Waals surface area contributed by atoms with Gasteiger partial charge in [0.1, 0.15) is 0 Å². The van der Waals surface area contributed by atoms with Gasteiger partial charge in [0.25, 0.3) is 0 Å². The fraction of sp³-hybridized carbons (Fsp3) is 0.467. The molecule has 7 heteroatoms. The van der Waals surface area contributed by atoms with E-state index in [-0.39, 0.29) is 0 Å². The molecule has 22 heavy (non-hydrogen) atoms. The molecule has 0 radical (unpaired) electrons. The molecule has 0 bridgehead atoms. The number of aromatic nitrogens is 1. The number of carbonyl (C=O) groups excluding carboxylic acids is 1. The Balaban J connectivity index is 1.63. The maximum atomic E-state index is 11.7. The normalized spacial score (nSPS) is 20.2. The Morgan fingerprint density at radius 1 is 1.23 bits per heavy atom. The number of rotatable bonds is 4. The number of hydrogen-bond donors (Lipinski definition) is 1. The molecule has 2 aliphatic heterocycles. The molecule has 1 aromatic heterocycles. The second-order valence-corrected chi connectivity index (χ2v) is 5.42. The third-order valence-electron chi connectivity index (χ3n) is 3.99. The Hall–Kier alpha value is -1.96. The van der Waals surface area contributed by atoms with Gasteiger partial charge in [-0.3, -0.25) is 9.88 Å². The fourth-order valence-electron chi connectivity index (χ4n) is 2.75. The summed E-state index contributed by atoms with van der Waals surface area (Å²) < 4.78 is 5.35. The van der Waals surface area contributed by atoms with E-state index in [2.05, 4.69) is 9.88 Å². The van der Waals surface area contributed by atoms with Crippen LogP contribution >= 0.6 is 0 Å². The molecule has 0 unspecified atom stereocenters. The van der Waals surface area contributed by atoms with E-state index in [1.807, 2.05) is 23.3 Å². The van der Waals surface area contributed by atoms with Crippen LogP contribution in [0.15, 0.2) is 30.7 Å². The quantitative estimate of drug-likeness (QED) is 0.869. The van der Waals surface area contributed by atoms with E-state index in [9.17, 15) is 4.79 Å². The van der Waals surface area contributed by atoms with Gasteiger partial charge in [-0.15, -0.1) is 0 Å². The van der Waals surface area contributed by atoms with Crippen LogP contribution < -0.4 is 5.73 Å². The number of carbonyl (C=O) groups is 1. The molecule has 2 N–H and O–H groups in total. The molecule has 1 saturated heterocycles. The first-order chi connectivity index (χ1) is 10.7. The van der Waals surface area contributed by atoms with E-state index in [1.54, 1.807) is 12.4 Å². The standard InChI is InChI=1S/C15H21N5O2/c16-15(21)20-12-14(13-1-3-17-4-2-13)11-19(20)6-5-18-7-9-22-10-8-18/h1-4,12H,5-11H2,(H2,16,21). The van der Waals surface area contributed by atoms with Crippen LogP contribution in [0.25, 0.3) is 5.57 Å². The predicted molar refractivity (Wildman–Crippen MR) is 82.5 cm³/mol. The molecule has 1 fully saturated rings. The number of primary amides is 1. The maximum absolute atomic E-state index is 11.7. The van der Waals surface area contributed by atoms with Crippen LogP contribution in [0.4, 0.5) is 4.79 Å². The molecule has 2 aliphatic rings. The van der Waals surface area contributed by atoms with Crippen molar-refractivity contribution in [3.63, 3.8) is 0 Å². The van der Waals surface area contributed by atoms with Crippen LogP contribution in [0.3, 0.4) is 0 Å². The van der Waals surface area contributed by atoms with E-state index in [4.69, 9.17) is 10.5 Å². The van der Waals surface area contributed by atoms with Crippen molar-refractivity contribution in [3.05, 3.63) is 36.3 Å². The van der Waals surface area contributed by atoms with Gasteiger partial charge in [-0.25, -0.2) is 14.8 Å². The molecule has 0 atom stereocenters. The lowest BCUT2D eigenvalue weighted by Crippen LogP contribution is -2.47. The lowest BCUT2D eigenvalue weighted by molar-refractivity contribution is 0.0205. The first-order valence-electron chi connectivity index (χ1n) is 7.49. The van der Waals surface area contributed by atoms with Gasteiger partial charge in [-0.1, -0.05) is 0 Å². The van der Waals surface area contributed by atoms with Crippen molar-refractivity contribution in [2.75, 3.05) is 45.9 Å². The highest BCUT2D eigenvalue weighted by molar-refractivity contribution is 5.78. The van der Waals surface area contributed by atoms with Crippen molar-refractivity contribution in [2.45, 2.75) is 0 Å². The van der Waals surface area contributed by atoms with Gasteiger partial charge >= 0.3 is 6.03 Å². The number of urea groups is 1. The molecule has 118 valence electrons. The zero-order chi connectivity index (χ0) is 15.4. The average molecular weight is 303 g/mol. The van der Waals surface area contributed by atoms with Gasteiger partial charge in [-0.2, -0.15) is 0 Å². The highest BCUT2D eigenvalue weighted by Crippen LogP contribution is 2.23. The van der Waals surface area contributed by atoms with Gasteiger partial charge in [0.15, 0.2) is 0 Å². The van der Waals surface area contributed by atoms with Gasteiger partial charge in [0, 0.05) is 51.3 Å². The van der Waals surface area contributed by atoms with Gasteiger partial charge < -0.3 is 10.5 Å². The summed E-state index contributed by atoms with van der Waals surface area (Å²) in [7, 11) is 0. The van der Waals surface area contributed by atoms with Crippen molar-refractivity contribution >= 4 is 11.6 Å². The summed E-state index contributed by atoms with van der Waals surface area (Å²) in [5, 5.41) is 3.49. The maximum Gasteiger partial charge on any atom is 0.333 e. The van der Waals surface area contributed by atoms with Crippen LogP contribution in [0, 0.1) is 0 Å². The van der Waals surface area contributed by atoms with Crippen LogP contribution in [-0.4, -0.2) is 71.9 Å². The van der Waals surface area contributed by atoms with E-state index >= 15 is 0 Å². The second-order valence-electron chi connectivity index (χ2n) is 5.42. The second kappa shape index (κ2) is 6.87. The third kappa shape index (κ3) is 3.44. The first-order valence-corrected chi connectivity index (χ1v) is 7.49. The molecule has 0 saturated carbocycles. The minimum atomic E-state index is -0.453. The molecule has 1 aromatic rings. The number of morpholine rings is 1. The fourth-order valence-corrected chi connectivity index (χ4v) is 2.75. The summed E-state index contributed by atoms with van der Waals surface area (Å²) in [6.07, 6.45) is 5.32. The summed E-state index contributed by atoms with van der Waals surface area (Å²) >= 11 is 0. The van der Waals surface area contributed by atoms with Crippen LogP contribution in [0.1, 0.15) is 5.56 Å². The number of nitrogens with two attached hydrogens (primary N) is 1. The Labute approximate surface area is 129 Å². The summed E-state index contributed by atoms with van der Waals surface area (Å²) in [6.45, 7) is 5.76. The van der Waals surface area contributed by atoms with E-state index in [1.165, 1.54) is 5.01 Å². The molecule has 2 amide bonds. The van der Waals surface area contributed by atoms with Gasteiger partial charge in [-0.05, 0) is 23.3 Å². The predicted octanol–water partition coefficient (Wildman–Crippen LogP) is 0.366. The number of amides is 2. The third-order valence-corrected chi connectivity index (χ3v) is 3.99. The van der Waals surface area contributed by atoms with Crippen molar-refractivity contribution in [1.29, 1.82) is 0 Å². The molecule has 3 rings (SSSR count). The van der Waals surface area contributed by atoms with Crippen molar-refractivity contribution in [1.82, 2.24) is 19.9 Å². The van der Waals surface area contributed by atoms with Gasteiger partial charge in [0.05, 0.1) is 13.2 Å². The van der Waals surface area contributed by atoms with Crippen molar-refractivity contribution < 1.29 is 9.53 Å². The number of nitrogens with zero attached hydrogens (tertiary/aromatic N) is 4. The minimum absolute atomic E-state index is 0.453. The SMILES string of the molecule is NC(=O)N1C=C(c2ccncc2)CN1CCN1CCOCC1. The number of ether oxygens (including phenoxy) is 1. The van der Waals surface area contributed by atoms with Gasteiger partial charge in [0.2, 0.25) is 0 Å². The minimum Gasteiger partial charge on any atom is -0.379 e. The first kappa shape index (κ1) is 15.0. The zero-order valence-electron chi connectivity index (χ0n) is 12.5. The monoisotopic (exact) mass is 303 g/mol. The number of pyridine rings is 1. The van der Waals surface area contributed by atoms with Crippen LogP contribution in [-0.2, 0) is 4.74 Å². The summed E-state index contributed by atoms with van der Waals surface area (Å²) in [6, 6.07) is 3.43. The lowest BCUT2D eigenvalue weighted by atomic mass is 10.1. The number of hydrazine groups is 1. The summed E-state index contributed by atoms with van der Waals surface area (Å²) in [4.78, 5) is 18.0. The zero-order valence-corrected chi connectivity index (χ0v) is 12.5.